The molecule has 0 unspecified atom stereocenters. The van der Waals surface area contributed by atoms with Gasteiger partial charge in [0.15, 0.2) is 15.7 Å². The van der Waals surface area contributed by atoms with Crippen molar-refractivity contribution in [3.8, 4) is 0 Å². The topological polar surface area (TPSA) is 62.6 Å². The first-order chi connectivity index (χ1) is 9.38. The van der Waals surface area contributed by atoms with Crippen LogP contribution in [-0.2, 0) is 9.84 Å². The van der Waals surface area contributed by atoms with Crippen LogP contribution in [-0.4, -0.2) is 44.7 Å². The fourth-order valence-corrected chi connectivity index (χ4v) is 5.35. The normalized spacial score (nSPS) is 21.9. The van der Waals surface area contributed by atoms with E-state index in [-0.39, 0.29) is 5.41 Å². The summed E-state index contributed by atoms with van der Waals surface area (Å²) in [6, 6.07) is 1.92. The molecule has 1 aromatic rings. The molecule has 0 amide bonds. The molecule has 5 nitrogen and oxygen atoms in total. The Kier molecular flexibility index (Phi) is 2.76. The van der Waals surface area contributed by atoms with Gasteiger partial charge < -0.3 is 4.90 Å². The lowest BCUT2D eigenvalue weighted by atomic mass is 9.82. The maximum atomic E-state index is 11.3. The minimum absolute atomic E-state index is 0.0585. The van der Waals surface area contributed by atoms with E-state index in [1.165, 1.54) is 0 Å². The van der Waals surface area contributed by atoms with Gasteiger partial charge in [-0.2, -0.15) is 0 Å². The van der Waals surface area contributed by atoms with Gasteiger partial charge in [0.2, 0.25) is 0 Å². The predicted molar refractivity (Wildman–Crippen MR) is 81.6 cm³/mol. The van der Waals surface area contributed by atoms with Crippen LogP contribution in [0, 0.1) is 12.3 Å². The number of hydrogen-bond acceptors (Lipinski definition) is 5. The highest BCUT2D eigenvalue weighted by molar-refractivity contribution is 7.92. The molecule has 3 rings (SSSR count). The Hall–Kier alpha value is -1.69. The Labute approximate surface area is 119 Å². The van der Waals surface area contributed by atoms with Crippen LogP contribution in [0.3, 0.4) is 0 Å². The van der Waals surface area contributed by atoms with Crippen LogP contribution >= 0.6 is 0 Å². The molecule has 0 bridgehead atoms. The molecule has 106 valence electrons. The van der Waals surface area contributed by atoms with E-state index >= 15 is 0 Å². The molecule has 2 saturated heterocycles. The van der Waals surface area contributed by atoms with Gasteiger partial charge in [-0.3, -0.25) is 4.99 Å². The molecule has 0 atom stereocenters. The van der Waals surface area contributed by atoms with E-state index < -0.39 is 9.84 Å². The van der Waals surface area contributed by atoms with Gasteiger partial charge >= 0.3 is 0 Å². The number of aliphatic imine (C=N–C) groups is 1. The summed E-state index contributed by atoms with van der Waals surface area (Å²) in [6.07, 6.45) is 1.74. The van der Waals surface area contributed by atoms with E-state index in [9.17, 15) is 8.42 Å². The fourth-order valence-electron chi connectivity index (χ4n) is 3.20. The largest absolute Gasteiger partial charge is 0.353 e. The van der Waals surface area contributed by atoms with E-state index in [0.29, 0.717) is 11.5 Å². The Morgan fingerprint density at radius 1 is 1.45 bits per heavy atom. The molecule has 0 saturated carbocycles. The summed E-state index contributed by atoms with van der Waals surface area (Å²) >= 11 is 0. The minimum atomic E-state index is -2.79. The smallest absolute Gasteiger partial charge is 0.155 e. The van der Waals surface area contributed by atoms with E-state index in [2.05, 4.69) is 28.2 Å². The average molecular weight is 291 g/mol. The van der Waals surface area contributed by atoms with Crippen LogP contribution in [0.15, 0.2) is 17.6 Å². The number of sulfone groups is 1. The molecule has 1 aromatic heterocycles. The quantitative estimate of drug-likeness (QED) is 0.794. The third-order valence-corrected chi connectivity index (χ3v) is 6.02. The van der Waals surface area contributed by atoms with Crippen molar-refractivity contribution in [3.05, 3.63) is 23.9 Å². The maximum Gasteiger partial charge on any atom is 0.155 e. The summed E-state index contributed by atoms with van der Waals surface area (Å²) in [4.78, 5) is 10.7. The molecule has 2 aliphatic rings. The zero-order valence-corrected chi connectivity index (χ0v) is 12.3. The van der Waals surface area contributed by atoms with Gasteiger partial charge in [-0.1, -0.05) is 12.7 Å². The van der Waals surface area contributed by atoms with Crippen molar-refractivity contribution in [1.29, 1.82) is 0 Å². The molecule has 0 radical (unpaired) electrons. The lowest BCUT2D eigenvalue weighted by molar-refractivity contribution is 0.253. The molecule has 2 fully saturated rings. The third kappa shape index (κ3) is 1.95. The minimum Gasteiger partial charge on any atom is -0.353 e. The van der Waals surface area contributed by atoms with Crippen molar-refractivity contribution < 1.29 is 8.42 Å². The van der Waals surface area contributed by atoms with E-state index in [4.69, 9.17) is 0 Å². The molecular formula is C14H17N3O2S. The van der Waals surface area contributed by atoms with Gasteiger partial charge in [0.25, 0.3) is 0 Å². The SMILES string of the molecule is C=Cc1cc(C)nc(N2CC3(C2)CS(=O)(=O)C3)c1N=C. The van der Waals surface area contributed by atoms with Crippen molar-refractivity contribution in [1.82, 2.24) is 4.98 Å². The number of anilines is 1. The molecular weight excluding hydrogens is 274 g/mol. The first-order valence-corrected chi connectivity index (χ1v) is 8.26. The molecule has 0 N–H and O–H groups in total. The molecule has 2 aliphatic heterocycles. The molecule has 1 spiro atoms. The Morgan fingerprint density at radius 2 is 2.10 bits per heavy atom. The Balaban J connectivity index is 1.88. The summed E-state index contributed by atoms with van der Waals surface area (Å²) < 4.78 is 22.7. The Bertz CT molecular complexity index is 689. The average Bonchev–Trinajstić information content (AvgIpc) is 2.31. The van der Waals surface area contributed by atoms with Crippen molar-refractivity contribution in [2.75, 3.05) is 29.5 Å². The van der Waals surface area contributed by atoms with Crippen LogP contribution in [0.25, 0.3) is 6.08 Å². The summed E-state index contributed by atoms with van der Waals surface area (Å²) in [7, 11) is -2.79. The highest BCUT2D eigenvalue weighted by Crippen LogP contribution is 2.45. The first-order valence-electron chi connectivity index (χ1n) is 6.44. The third-order valence-electron chi connectivity index (χ3n) is 3.91. The highest BCUT2D eigenvalue weighted by Gasteiger charge is 2.56. The van der Waals surface area contributed by atoms with Crippen LogP contribution < -0.4 is 4.90 Å². The lowest BCUT2D eigenvalue weighted by Crippen LogP contribution is -2.68. The van der Waals surface area contributed by atoms with Crippen molar-refractivity contribution >= 4 is 34.1 Å². The van der Waals surface area contributed by atoms with E-state index in [1.54, 1.807) is 6.08 Å². The number of nitrogens with zero attached hydrogens (tertiary/aromatic N) is 3. The first kappa shape index (κ1) is 13.3. The summed E-state index contributed by atoms with van der Waals surface area (Å²) in [6.45, 7) is 10.8. The van der Waals surface area contributed by atoms with Crippen LogP contribution in [0.5, 0.6) is 0 Å². The molecule has 3 heterocycles. The van der Waals surface area contributed by atoms with Crippen molar-refractivity contribution in [3.63, 3.8) is 0 Å². The van der Waals surface area contributed by atoms with Crippen LogP contribution in [0.1, 0.15) is 11.3 Å². The Morgan fingerprint density at radius 3 is 2.60 bits per heavy atom. The zero-order chi connectivity index (χ0) is 14.5. The second kappa shape index (κ2) is 4.15. The van der Waals surface area contributed by atoms with Gasteiger partial charge in [0.1, 0.15) is 5.69 Å². The lowest BCUT2D eigenvalue weighted by Gasteiger charge is -2.55. The van der Waals surface area contributed by atoms with Gasteiger partial charge in [0.05, 0.1) is 11.5 Å². The number of pyridine rings is 1. The van der Waals surface area contributed by atoms with Crippen molar-refractivity contribution in [2.24, 2.45) is 10.4 Å². The summed E-state index contributed by atoms with van der Waals surface area (Å²) in [5.74, 6) is 1.38. The monoisotopic (exact) mass is 291 g/mol. The summed E-state index contributed by atoms with van der Waals surface area (Å²) in [5, 5.41) is 0. The second-order valence-electron chi connectivity index (χ2n) is 5.78. The van der Waals surface area contributed by atoms with Gasteiger partial charge in [-0.15, -0.1) is 0 Å². The standard InChI is InChI=1S/C14H17N3O2S/c1-4-11-5-10(2)16-13(12(11)15-3)17-6-14(7-17)8-20(18,19)9-14/h4-5H,1,3,6-9H2,2H3. The second-order valence-corrected chi connectivity index (χ2v) is 7.84. The van der Waals surface area contributed by atoms with Gasteiger partial charge in [0, 0.05) is 29.8 Å². The number of rotatable bonds is 3. The zero-order valence-electron chi connectivity index (χ0n) is 11.5. The van der Waals surface area contributed by atoms with Crippen molar-refractivity contribution in [2.45, 2.75) is 6.92 Å². The van der Waals surface area contributed by atoms with Crippen LogP contribution in [0.4, 0.5) is 11.5 Å². The fraction of sp³-hybridized carbons (Fsp3) is 0.429. The van der Waals surface area contributed by atoms with Gasteiger partial charge in [-0.25, -0.2) is 13.4 Å². The van der Waals surface area contributed by atoms with Crippen LogP contribution in [0.2, 0.25) is 0 Å². The maximum absolute atomic E-state index is 11.3. The number of aromatic nitrogens is 1. The summed E-state index contributed by atoms with van der Waals surface area (Å²) in [5.41, 5.74) is 2.47. The molecule has 20 heavy (non-hydrogen) atoms. The number of aryl methyl sites for hydroxylation is 1. The van der Waals surface area contributed by atoms with E-state index in [1.807, 2.05) is 13.0 Å². The van der Waals surface area contributed by atoms with E-state index in [0.717, 1.165) is 35.9 Å². The molecule has 6 heteroatoms. The molecule has 0 aliphatic carbocycles. The van der Waals surface area contributed by atoms with Gasteiger partial charge in [-0.05, 0) is 19.7 Å². The highest BCUT2D eigenvalue weighted by atomic mass is 32.2. The predicted octanol–water partition coefficient (Wildman–Crippen LogP) is 1.60. The number of hydrogen-bond donors (Lipinski definition) is 0. The molecule has 0 aromatic carbocycles.